The van der Waals surface area contributed by atoms with E-state index >= 15 is 0 Å². The molecule has 1 aromatic heterocycles. The van der Waals surface area contributed by atoms with Gasteiger partial charge in [-0.1, -0.05) is 29.4 Å². The van der Waals surface area contributed by atoms with Crippen LogP contribution >= 0.6 is 0 Å². The van der Waals surface area contributed by atoms with Gasteiger partial charge in [0.25, 0.3) is 5.91 Å². The van der Waals surface area contributed by atoms with Gasteiger partial charge < -0.3 is 19.3 Å². The van der Waals surface area contributed by atoms with Crippen molar-refractivity contribution in [2.75, 3.05) is 14.2 Å². The van der Waals surface area contributed by atoms with Crippen molar-refractivity contribution in [2.24, 2.45) is 0 Å². The summed E-state index contributed by atoms with van der Waals surface area (Å²) in [5.74, 6) is 1.60. The van der Waals surface area contributed by atoms with Gasteiger partial charge in [0.2, 0.25) is 11.7 Å². The molecule has 1 N–H and O–H groups in total. The fourth-order valence-corrected chi connectivity index (χ4v) is 2.46. The highest BCUT2D eigenvalue weighted by Gasteiger charge is 2.13. The number of carbonyl (C=O) groups is 1. The average Bonchev–Trinajstić information content (AvgIpc) is 3.14. The summed E-state index contributed by atoms with van der Waals surface area (Å²) in [4.78, 5) is 16.7. The maximum Gasteiger partial charge on any atom is 0.251 e. The summed E-state index contributed by atoms with van der Waals surface area (Å²) in [6.45, 7) is 2.10. The van der Waals surface area contributed by atoms with Crippen LogP contribution in [0.3, 0.4) is 0 Å². The molecule has 0 saturated heterocycles. The van der Waals surface area contributed by atoms with Gasteiger partial charge in [-0.2, -0.15) is 4.98 Å². The second-order valence-corrected chi connectivity index (χ2v) is 5.61. The van der Waals surface area contributed by atoms with Crippen molar-refractivity contribution in [2.45, 2.75) is 13.5 Å². The monoisotopic (exact) mass is 353 g/mol. The normalized spacial score (nSPS) is 10.4. The Morgan fingerprint density at radius 1 is 1.12 bits per heavy atom. The number of ether oxygens (including phenoxy) is 2. The molecule has 134 valence electrons. The summed E-state index contributed by atoms with van der Waals surface area (Å²) in [7, 11) is 3.06. The number of rotatable bonds is 6. The highest BCUT2D eigenvalue weighted by Crippen LogP contribution is 2.23. The molecule has 0 unspecified atom stereocenters. The zero-order valence-corrected chi connectivity index (χ0v) is 14.8. The van der Waals surface area contributed by atoms with E-state index in [1.807, 2.05) is 31.2 Å². The van der Waals surface area contributed by atoms with Crippen LogP contribution in [-0.2, 0) is 6.54 Å². The van der Waals surface area contributed by atoms with Gasteiger partial charge in [0.1, 0.15) is 11.5 Å². The molecule has 0 aliphatic carbocycles. The van der Waals surface area contributed by atoms with E-state index in [0.29, 0.717) is 28.8 Å². The number of methoxy groups -OCH3 is 2. The number of aromatic nitrogens is 2. The third-order valence-corrected chi connectivity index (χ3v) is 3.87. The summed E-state index contributed by atoms with van der Waals surface area (Å²) in [6.07, 6.45) is 0. The molecular formula is C19H19N3O4. The minimum atomic E-state index is -0.294. The molecule has 2 aromatic carbocycles. The topological polar surface area (TPSA) is 86.5 Å². The van der Waals surface area contributed by atoms with E-state index < -0.39 is 0 Å². The van der Waals surface area contributed by atoms with Gasteiger partial charge in [-0.05, 0) is 24.6 Å². The van der Waals surface area contributed by atoms with Crippen LogP contribution in [0.15, 0.2) is 47.0 Å². The predicted molar refractivity (Wildman–Crippen MR) is 95.2 cm³/mol. The lowest BCUT2D eigenvalue weighted by Crippen LogP contribution is -2.23. The zero-order valence-electron chi connectivity index (χ0n) is 14.8. The molecule has 0 spiro atoms. The summed E-state index contributed by atoms with van der Waals surface area (Å²) in [6, 6.07) is 12.7. The Bertz CT molecular complexity index is 898. The first-order valence-corrected chi connectivity index (χ1v) is 8.00. The van der Waals surface area contributed by atoms with Crippen molar-refractivity contribution in [1.82, 2.24) is 15.5 Å². The van der Waals surface area contributed by atoms with Crippen molar-refractivity contribution in [3.05, 3.63) is 59.5 Å². The van der Waals surface area contributed by atoms with E-state index in [1.54, 1.807) is 18.2 Å². The van der Waals surface area contributed by atoms with E-state index in [2.05, 4.69) is 15.5 Å². The molecule has 0 fully saturated rings. The fourth-order valence-electron chi connectivity index (χ4n) is 2.46. The lowest BCUT2D eigenvalue weighted by atomic mass is 10.1. The Hall–Kier alpha value is -3.35. The van der Waals surface area contributed by atoms with Crippen molar-refractivity contribution < 1.29 is 18.8 Å². The van der Waals surface area contributed by atoms with Crippen LogP contribution in [0.4, 0.5) is 0 Å². The molecule has 3 aromatic rings. The van der Waals surface area contributed by atoms with Crippen molar-refractivity contribution in [3.8, 4) is 22.9 Å². The number of benzene rings is 2. The molecule has 7 heteroatoms. The predicted octanol–water partition coefficient (Wildman–Crippen LogP) is 2.99. The van der Waals surface area contributed by atoms with Gasteiger partial charge >= 0.3 is 0 Å². The number of carbonyl (C=O) groups excluding carboxylic acids is 1. The Morgan fingerprint density at radius 2 is 1.81 bits per heavy atom. The lowest BCUT2D eigenvalue weighted by molar-refractivity contribution is 0.0945. The first-order chi connectivity index (χ1) is 12.6. The fraction of sp³-hybridized carbons (Fsp3) is 0.211. The van der Waals surface area contributed by atoms with Gasteiger partial charge in [0.05, 0.1) is 20.8 Å². The quantitative estimate of drug-likeness (QED) is 0.733. The zero-order chi connectivity index (χ0) is 18.5. The summed E-state index contributed by atoms with van der Waals surface area (Å²) in [5.41, 5.74) is 2.36. The molecule has 0 aliphatic heterocycles. The Balaban J connectivity index is 1.70. The van der Waals surface area contributed by atoms with Crippen LogP contribution in [0.5, 0.6) is 11.5 Å². The molecule has 0 saturated carbocycles. The van der Waals surface area contributed by atoms with Crippen LogP contribution in [0.25, 0.3) is 11.4 Å². The highest BCUT2D eigenvalue weighted by molar-refractivity contribution is 5.95. The number of nitrogens with zero attached hydrogens (tertiary/aromatic N) is 2. The third-order valence-electron chi connectivity index (χ3n) is 3.87. The lowest BCUT2D eigenvalue weighted by Gasteiger charge is -2.08. The molecule has 0 aliphatic rings. The minimum Gasteiger partial charge on any atom is -0.497 e. The minimum absolute atomic E-state index is 0.122. The van der Waals surface area contributed by atoms with Gasteiger partial charge in [-0.25, -0.2) is 0 Å². The summed E-state index contributed by atoms with van der Waals surface area (Å²) in [5, 5.41) is 6.73. The Morgan fingerprint density at radius 3 is 2.46 bits per heavy atom. The Kier molecular flexibility index (Phi) is 5.17. The smallest absolute Gasteiger partial charge is 0.251 e. The molecule has 1 amide bonds. The summed E-state index contributed by atoms with van der Waals surface area (Å²) >= 11 is 0. The number of nitrogens with one attached hydrogen (secondary N) is 1. The second kappa shape index (κ2) is 7.69. The average molecular weight is 353 g/mol. The number of hydrogen-bond donors (Lipinski definition) is 1. The largest absolute Gasteiger partial charge is 0.497 e. The first kappa shape index (κ1) is 17.5. The molecule has 7 nitrogen and oxygen atoms in total. The summed E-state index contributed by atoms with van der Waals surface area (Å²) < 4.78 is 15.6. The van der Waals surface area contributed by atoms with Gasteiger partial charge in [0.15, 0.2) is 0 Å². The SMILES string of the molecule is COc1cc(OC)cc(C(=O)NCc2nc(-c3ccccc3C)no2)c1. The molecule has 3 rings (SSSR count). The van der Waals surface area contributed by atoms with Crippen LogP contribution in [0.1, 0.15) is 21.8 Å². The number of amides is 1. The molecular weight excluding hydrogens is 334 g/mol. The molecule has 0 radical (unpaired) electrons. The van der Waals surface area contributed by atoms with E-state index in [-0.39, 0.29) is 12.5 Å². The molecule has 0 bridgehead atoms. The van der Waals surface area contributed by atoms with E-state index in [4.69, 9.17) is 14.0 Å². The van der Waals surface area contributed by atoms with E-state index in [9.17, 15) is 4.79 Å². The maximum absolute atomic E-state index is 12.4. The maximum atomic E-state index is 12.4. The van der Waals surface area contributed by atoms with E-state index in [1.165, 1.54) is 14.2 Å². The molecule has 0 atom stereocenters. The van der Waals surface area contributed by atoms with Gasteiger partial charge in [0, 0.05) is 17.2 Å². The highest BCUT2D eigenvalue weighted by atomic mass is 16.5. The van der Waals surface area contributed by atoms with Crippen LogP contribution in [0, 0.1) is 6.92 Å². The third kappa shape index (κ3) is 3.83. The number of aryl methyl sites for hydroxylation is 1. The molecule has 26 heavy (non-hydrogen) atoms. The standard InChI is InChI=1S/C19H19N3O4/c1-12-6-4-5-7-16(12)18-21-17(26-22-18)11-20-19(23)13-8-14(24-2)10-15(9-13)25-3/h4-10H,11H2,1-3H3,(H,20,23). The molecule has 1 heterocycles. The Labute approximate surface area is 150 Å². The van der Waals surface area contributed by atoms with Crippen molar-refractivity contribution in [3.63, 3.8) is 0 Å². The first-order valence-electron chi connectivity index (χ1n) is 8.00. The van der Waals surface area contributed by atoms with Gasteiger partial charge in [-0.15, -0.1) is 0 Å². The van der Waals surface area contributed by atoms with Crippen LogP contribution < -0.4 is 14.8 Å². The second-order valence-electron chi connectivity index (χ2n) is 5.61. The van der Waals surface area contributed by atoms with Crippen LogP contribution in [-0.4, -0.2) is 30.3 Å². The number of hydrogen-bond acceptors (Lipinski definition) is 6. The van der Waals surface area contributed by atoms with E-state index in [0.717, 1.165) is 11.1 Å². The van der Waals surface area contributed by atoms with Gasteiger partial charge in [-0.3, -0.25) is 4.79 Å². The van der Waals surface area contributed by atoms with Crippen molar-refractivity contribution in [1.29, 1.82) is 0 Å². The van der Waals surface area contributed by atoms with Crippen molar-refractivity contribution >= 4 is 5.91 Å². The van der Waals surface area contributed by atoms with Crippen LogP contribution in [0.2, 0.25) is 0 Å².